The molecule has 116 valence electrons. The summed E-state index contributed by atoms with van der Waals surface area (Å²) in [7, 11) is 0. The second-order valence-corrected chi connectivity index (χ2v) is 5.50. The van der Waals surface area contributed by atoms with Crippen molar-refractivity contribution >= 4 is 28.9 Å². The molecule has 0 atom stereocenters. The van der Waals surface area contributed by atoms with Gasteiger partial charge in [0.05, 0.1) is 11.3 Å². The number of nitrogens with zero attached hydrogens (tertiary/aromatic N) is 1. The molecule has 0 aliphatic rings. The molecule has 0 unspecified atom stereocenters. The van der Waals surface area contributed by atoms with Gasteiger partial charge in [-0.05, 0) is 30.7 Å². The number of halogens is 1. The Morgan fingerprint density at radius 3 is 2.82 bits per heavy atom. The monoisotopic (exact) mass is 317 g/mol. The zero-order valence-corrected chi connectivity index (χ0v) is 13.4. The van der Waals surface area contributed by atoms with Crippen LogP contribution in [0.25, 0.3) is 0 Å². The predicted molar refractivity (Wildman–Crippen MR) is 91.7 cm³/mol. The van der Waals surface area contributed by atoms with Crippen molar-refractivity contribution in [1.29, 1.82) is 0 Å². The largest absolute Gasteiger partial charge is 0.384 e. The first kappa shape index (κ1) is 16.3. The Bertz CT molecular complexity index is 631. The minimum atomic E-state index is -0.202. The van der Waals surface area contributed by atoms with Gasteiger partial charge in [-0.3, -0.25) is 9.78 Å². The maximum atomic E-state index is 12.2. The first-order valence-electron chi connectivity index (χ1n) is 7.45. The lowest BCUT2D eigenvalue weighted by molar-refractivity contribution is 0.102. The molecule has 4 nitrogen and oxygen atoms in total. The molecular weight excluding hydrogens is 298 g/mol. The number of hydrogen-bond donors (Lipinski definition) is 2. The van der Waals surface area contributed by atoms with Crippen molar-refractivity contribution in [2.75, 3.05) is 17.2 Å². The third-order valence-electron chi connectivity index (χ3n) is 3.19. The Kier molecular flexibility index (Phi) is 6.22. The van der Waals surface area contributed by atoms with Crippen LogP contribution in [-0.2, 0) is 0 Å². The molecule has 1 heterocycles. The SMILES string of the molecule is CCCCCNc1cncc(C(=O)Nc2cccc(Cl)c2)c1. The molecule has 0 fully saturated rings. The topological polar surface area (TPSA) is 54.0 Å². The summed E-state index contributed by atoms with van der Waals surface area (Å²) in [5, 5.41) is 6.68. The van der Waals surface area contributed by atoms with Gasteiger partial charge in [0, 0.05) is 29.6 Å². The van der Waals surface area contributed by atoms with E-state index in [4.69, 9.17) is 11.6 Å². The van der Waals surface area contributed by atoms with Gasteiger partial charge >= 0.3 is 0 Å². The van der Waals surface area contributed by atoms with Crippen molar-refractivity contribution < 1.29 is 4.79 Å². The number of benzene rings is 1. The van der Waals surface area contributed by atoms with Gasteiger partial charge < -0.3 is 10.6 Å². The van der Waals surface area contributed by atoms with Gasteiger partial charge in [-0.25, -0.2) is 0 Å². The molecular formula is C17H20ClN3O. The molecule has 22 heavy (non-hydrogen) atoms. The van der Waals surface area contributed by atoms with Crippen molar-refractivity contribution in [3.63, 3.8) is 0 Å². The predicted octanol–water partition coefficient (Wildman–Crippen LogP) is 4.59. The molecule has 0 saturated heterocycles. The fourth-order valence-corrected chi connectivity index (χ4v) is 2.23. The maximum absolute atomic E-state index is 12.2. The van der Waals surface area contributed by atoms with Crippen LogP contribution in [0, 0.1) is 0 Å². The molecule has 2 rings (SSSR count). The van der Waals surface area contributed by atoms with E-state index in [0.717, 1.165) is 18.7 Å². The zero-order valence-electron chi connectivity index (χ0n) is 12.6. The number of hydrogen-bond acceptors (Lipinski definition) is 3. The molecule has 5 heteroatoms. The number of unbranched alkanes of at least 4 members (excludes halogenated alkanes) is 2. The van der Waals surface area contributed by atoms with Crippen LogP contribution in [0.3, 0.4) is 0 Å². The molecule has 1 amide bonds. The lowest BCUT2D eigenvalue weighted by Crippen LogP contribution is -2.13. The van der Waals surface area contributed by atoms with Crippen molar-refractivity contribution in [1.82, 2.24) is 4.98 Å². The van der Waals surface area contributed by atoms with Gasteiger partial charge in [-0.2, -0.15) is 0 Å². The van der Waals surface area contributed by atoms with Gasteiger partial charge in [0.1, 0.15) is 0 Å². The Balaban J connectivity index is 1.97. The molecule has 1 aromatic carbocycles. The smallest absolute Gasteiger partial charge is 0.257 e. The highest BCUT2D eigenvalue weighted by Gasteiger charge is 2.07. The normalized spacial score (nSPS) is 10.3. The average Bonchev–Trinajstić information content (AvgIpc) is 2.52. The summed E-state index contributed by atoms with van der Waals surface area (Å²) >= 11 is 5.91. The number of anilines is 2. The second-order valence-electron chi connectivity index (χ2n) is 5.06. The number of pyridine rings is 1. The molecule has 2 N–H and O–H groups in total. The lowest BCUT2D eigenvalue weighted by Gasteiger charge is -2.08. The Morgan fingerprint density at radius 1 is 1.18 bits per heavy atom. The quantitative estimate of drug-likeness (QED) is 0.734. The van der Waals surface area contributed by atoms with Gasteiger partial charge in [0.25, 0.3) is 5.91 Å². The zero-order chi connectivity index (χ0) is 15.8. The van der Waals surface area contributed by atoms with Gasteiger partial charge in [0.2, 0.25) is 0 Å². The first-order valence-corrected chi connectivity index (χ1v) is 7.82. The van der Waals surface area contributed by atoms with Crippen LogP contribution in [0.5, 0.6) is 0 Å². The summed E-state index contributed by atoms with van der Waals surface area (Å²) in [6.07, 6.45) is 6.76. The number of rotatable bonds is 7. The van der Waals surface area contributed by atoms with Crippen LogP contribution in [0.2, 0.25) is 5.02 Å². The van der Waals surface area contributed by atoms with E-state index in [2.05, 4.69) is 22.5 Å². The summed E-state index contributed by atoms with van der Waals surface area (Å²) in [4.78, 5) is 16.3. The number of nitrogens with one attached hydrogen (secondary N) is 2. The lowest BCUT2D eigenvalue weighted by atomic mass is 10.2. The maximum Gasteiger partial charge on any atom is 0.257 e. The molecule has 2 aromatic rings. The minimum Gasteiger partial charge on any atom is -0.384 e. The number of carbonyl (C=O) groups excluding carboxylic acids is 1. The van der Waals surface area contributed by atoms with E-state index in [-0.39, 0.29) is 5.91 Å². The second kappa shape index (κ2) is 8.39. The van der Waals surface area contributed by atoms with Crippen molar-refractivity contribution in [2.24, 2.45) is 0 Å². The van der Waals surface area contributed by atoms with E-state index in [9.17, 15) is 4.79 Å². The Labute approximate surface area is 135 Å². The molecule has 0 radical (unpaired) electrons. The van der Waals surface area contributed by atoms with Crippen LogP contribution >= 0.6 is 11.6 Å². The summed E-state index contributed by atoms with van der Waals surface area (Å²) < 4.78 is 0. The van der Waals surface area contributed by atoms with Crippen molar-refractivity contribution in [2.45, 2.75) is 26.2 Å². The molecule has 0 saturated carbocycles. The summed E-state index contributed by atoms with van der Waals surface area (Å²) in [5.41, 5.74) is 2.04. The van der Waals surface area contributed by atoms with E-state index in [1.807, 2.05) is 0 Å². The summed E-state index contributed by atoms with van der Waals surface area (Å²) in [6, 6.07) is 8.87. The molecule has 0 aliphatic heterocycles. The molecule has 0 aliphatic carbocycles. The highest BCUT2D eigenvalue weighted by atomic mass is 35.5. The molecule has 0 bridgehead atoms. The summed E-state index contributed by atoms with van der Waals surface area (Å²) in [5.74, 6) is -0.202. The van der Waals surface area contributed by atoms with Crippen molar-refractivity contribution in [3.05, 3.63) is 53.3 Å². The average molecular weight is 318 g/mol. The van der Waals surface area contributed by atoms with Gasteiger partial charge in [-0.1, -0.05) is 37.4 Å². The van der Waals surface area contributed by atoms with Crippen LogP contribution in [0.15, 0.2) is 42.7 Å². The fourth-order valence-electron chi connectivity index (χ4n) is 2.04. The number of amides is 1. The highest BCUT2D eigenvalue weighted by Crippen LogP contribution is 2.16. The number of aromatic nitrogens is 1. The standard InChI is InChI=1S/C17H20ClN3O/c1-2-3-4-8-20-16-9-13(11-19-12-16)17(22)21-15-7-5-6-14(18)10-15/h5-7,9-12,20H,2-4,8H2,1H3,(H,21,22). The van der Waals surface area contributed by atoms with Crippen LogP contribution in [0.1, 0.15) is 36.5 Å². The van der Waals surface area contributed by atoms with E-state index < -0.39 is 0 Å². The highest BCUT2D eigenvalue weighted by molar-refractivity contribution is 6.30. The van der Waals surface area contributed by atoms with Crippen LogP contribution < -0.4 is 10.6 Å². The van der Waals surface area contributed by atoms with E-state index in [0.29, 0.717) is 16.3 Å². The third-order valence-corrected chi connectivity index (χ3v) is 3.43. The van der Waals surface area contributed by atoms with E-state index in [1.54, 1.807) is 42.7 Å². The van der Waals surface area contributed by atoms with Gasteiger partial charge in [-0.15, -0.1) is 0 Å². The summed E-state index contributed by atoms with van der Waals surface area (Å²) in [6.45, 7) is 3.05. The molecule has 1 aromatic heterocycles. The van der Waals surface area contributed by atoms with E-state index >= 15 is 0 Å². The van der Waals surface area contributed by atoms with E-state index in [1.165, 1.54) is 12.8 Å². The first-order chi connectivity index (χ1) is 10.7. The Hall–Kier alpha value is -2.07. The van der Waals surface area contributed by atoms with Gasteiger partial charge in [0.15, 0.2) is 0 Å². The van der Waals surface area contributed by atoms with Crippen molar-refractivity contribution in [3.8, 4) is 0 Å². The third kappa shape index (κ3) is 5.04. The number of carbonyl (C=O) groups is 1. The minimum absolute atomic E-state index is 0.202. The fraction of sp³-hybridized carbons (Fsp3) is 0.294. The molecule has 0 spiro atoms. The van der Waals surface area contributed by atoms with Crippen LogP contribution in [-0.4, -0.2) is 17.4 Å². The Morgan fingerprint density at radius 2 is 2.05 bits per heavy atom. The van der Waals surface area contributed by atoms with Crippen LogP contribution in [0.4, 0.5) is 11.4 Å².